The Morgan fingerprint density at radius 1 is 1.20 bits per heavy atom. The summed E-state index contributed by atoms with van der Waals surface area (Å²) in [4.78, 5) is 14.6. The van der Waals surface area contributed by atoms with Gasteiger partial charge in [-0.05, 0) is 68.1 Å². The number of aryl methyl sites for hydroxylation is 2. The lowest BCUT2D eigenvalue weighted by Gasteiger charge is -2.18. The number of nitrogens with one attached hydrogen (secondary N) is 1. The molecule has 1 aliphatic heterocycles. The van der Waals surface area contributed by atoms with Crippen LogP contribution in [0.5, 0.6) is 5.75 Å². The van der Waals surface area contributed by atoms with Gasteiger partial charge in [-0.15, -0.1) is 0 Å². The average Bonchev–Trinajstić information content (AvgIpc) is 3.04. The maximum atomic E-state index is 12.2. The minimum Gasteiger partial charge on any atom is -0.508 e. The lowest BCUT2D eigenvalue weighted by atomic mass is 10.1. The molecule has 4 heteroatoms. The van der Waals surface area contributed by atoms with Gasteiger partial charge in [0, 0.05) is 25.2 Å². The Hall–Kier alpha value is -2.33. The van der Waals surface area contributed by atoms with Crippen molar-refractivity contribution in [3.05, 3.63) is 64.7 Å². The molecule has 1 amide bonds. The van der Waals surface area contributed by atoms with Gasteiger partial charge < -0.3 is 10.4 Å². The van der Waals surface area contributed by atoms with E-state index in [0.29, 0.717) is 18.0 Å². The van der Waals surface area contributed by atoms with Crippen LogP contribution in [0.25, 0.3) is 0 Å². The number of nitrogens with zero attached hydrogens (tertiary/aromatic N) is 1. The minimum atomic E-state index is -0.0759. The molecule has 0 aliphatic carbocycles. The van der Waals surface area contributed by atoms with E-state index in [4.69, 9.17) is 0 Å². The maximum absolute atomic E-state index is 12.2. The molecule has 1 heterocycles. The molecule has 0 bridgehead atoms. The fourth-order valence-corrected chi connectivity index (χ4v) is 3.39. The molecule has 2 N–H and O–H groups in total. The van der Waals surface area contributed by atoms with Crippen molar-refractivity contribution in [2.24, 2.45) is 5.92 Å². The van der Waals surface area contributed by atoms with Crippen molar-refractivity contribution in [1.82, 2.24) is 10.2 Å². The Labute approximate surface area is 149 Å². The Bertz CT molecular complexity index is 740. The standard InChI is InChI=1S/C21H26N2O2/c1-15-3-4-16(2)19(11-15)14-23-10-9-17(13-23)12-22-21(25)18-5-7-20(24)8-6-18/h3-8,11,17,24H,9-10,12-14H2,1-2H3,(H,22,25). The van der Waals surface area contributed by atoms with Gasteiger partial charge in [0.1, 0.15) is 5.75 Å². The first-order valence-corrected chi connectivity index (χ1v) is 8.87. The lowest BCUT2D eigenvalue weighted by Crippen LogP contribution is -2.31. The van der Waals surface area contributed by atoms with Crippen LogP contribution < -0.4 is 5.32 Å². The van der Waals surface area contributed by atoms with Gasteiger partial charge in [0.15, 0.2) is 0 Å². The second kappa shape index (κ2) is 7.70. The molecular weight excluding hydrogens is 312 g/mol. The summed E-state index contributed by atoms with van der Waals surface area (Å²) in [6, 6.07) is 13.0. The van der Waals surface area contributed by atoms with Gasteiger partial charge in [-0.2, -0.15) is 0 Å². The average molecular weight is 338 g/mol. The van der Waals surface area contributed by atoms with E-state index in [0.717, 1.165) is 26.1 Å². The summed E-state index contributed by atoms with van der Waals surface area (Å²) in [6.07, 6.45) is 1.11. The first-order valence-electron chi connectivity index (χ1n) is 8.87. The Morgan fingerprint density at radius 2 is 1.96 bits per heavy atom. The summed E-state index contributed by atoms with van der Waals surface area (Å²) in [7, 11) is 0. The Morgan fingerprint density at radius 3 is 2.72 bits per heavy atom. The van der Waals surface area contributed by atoms with Crippen LogP contribution in [0.2, 0.25) is 0 Å². The quantitative estimate of drug-likeness (QED) is 0.880. The van der Waals surface area contributed by atoms with E-state index in [1.54, 1.807) is 12.1 Å². The molecule has 1 aliphatic rings. The van der Waals surface area contributed by atoms with Crippen molar-refractivity contribution in [3.63, 3.8) is 0 Å². The summed E-state index contributed by atoms with van der Waals surface area (Å²) < 4.78 is 0. The molecule has 1 saturated heterocycles. The van der Waals surface area contributed by atoms with Crippen molar-refractivity contribution < 1.29 is 9.90 Å². The number of hydrogen-bond donors (Lipinski definition) is 2. The Kier molecular flexibility index (Phi) is 5.39. The fourth-order valence-electron chi connectivity index (χ4n) is 3.39. The van der Waals surface area contributed by atoms with Gasteiger partial charge in [-0.3, -0.25) is 9.69 Å². The highest BCUT2D eigenvalue weighted by Gasteiger charge is 2.23. The van der Waals surface area contributed by atoms with Crippen molar-refractivity contribution in [1.29, 1.82) is 0 Å². The molecule has 25 heavy (non-hydrogen) atoms. The van der Waals surface area contributed by atoms with Gasteiger partial charge >= 0.3 is 0 Å². The molecule has 2 aromatic carbocycles. The number of rotatable bonds is 5. The van der Waals surface area contributed by atoms with Crippen LogP contribution in [0.1, 0.15) is 33.5 Å². The second-order valence-corrected chi connectivity index (χ2v) is 7.08. The largest absolute Gasteiger partial charge is 0.508 e. The summed E-state index contributed by atoms with van der Waals surface area (Å²) in [5.74, 6) is 0.591. The smallest absolute Gasteiger partial charge is 0.251 e. The summed E-state index contributed by atoms with van der Waals surface area (Å²) >= 11 is 0. The van der Waals surface area contributed by atoms with E-state index in [1.165, 1.54) is 28.8 Å². The van der Waals surface area contributed by atoms with E-state index in [2.05, 4.69) is 42.3 Å². The first-order chi connectivity index (χ1) is 12.0. The van der Waals surface area contributed by atoms with Crippen LogP contribution in [0.15, 0.2) is 42.5 Å². The first kappa shape index (κ1) is 17.5. The number of likely N-dealkylation sites (tertiary alicyclic amines) is 1. The van der Waals surface area contributed by atoms with E-state index in [9.17, 15) is 9.90 Å². The highest BCUT2D eigenvalue weighted by atomic mass is 16.3. The highest BCUT2D eigenvalue weighted by Crippen LogP contribution is 2.20. The molecule has 0 radical (unpaired) electrons. The molecular formula is C21H26N2O2. The monoisotopic (exact) mass is 338 g/mol. The molecule has 0 spiro atoms. The van der Waals surface area contributed by atoms with Crippen LogP contribution in [-0.2, 0) is 6.54 Å². The van der Waals surface area contributed by atoms with Crippen LogP contribution in [-0.4, -0.2) is 35.5 Å². The number of aromatic hydroxyl groups is 1. The molecule has 4 nitrogen and oxygen atoms in total. The molecule has 1 unspecified atom stereocenters. The van der Waals surface area contributed by atoms with Gasteiger partial charge in [0.2, 0.25) is 0 Å². The second-order valence-electron chi connectivity index (χ2n) is 7.08. The number of amides is 1. The fraction of sp³-hybridized carbons (Fsp3) is 0.381. The van der Waals surface area contributed by atoms with E-state index < -0.39 is 0 Å². The van der Waals surface area contributed by atoms with Crippen LogP contribution in [0.3, 0.4) is 0 Å². The zero-order valence-electron chi connectivity index (χ0n) is 15.0. The molecule has 0 saturated carbocycles. The van der Waals surface area contributed by atoms with Crippen molar-refractivity contribution >= 4 is 5.91 Å². The normalized spacial score (nSPS) is 17.6. The lowest BCUT2D eigenvalue weighted by molar-refractivity contribution is 0.0947. The van der Waals surface area contributed by atoms with Crippen molar-refractivity contribution in [2.45, 2.75) is 26.8 Å². The topological polar surface area (TPSA) is 52.6 Å². The van der Waals surface area contributed by atoms with Gasteiger partial charge in [0.05, 0.1) is 0 Å². The Balaban J connectivity index is 1.49. The highest BCUT2D eigenvalue weighted by molar-refractivity contribution is 5.94. The number of phenolic OH excluding ortho intramolecular Hbond substituents is 1. The minimum absolute atomic E-state index is 0.0759. The summed E-state index contributed by atoms with van der Waals surface area (Å²) in [6.45, 7) is 8.07. The van der Waals surface area contributed by atoms with Crippen molar-refractivity contribution in [2.75, 3.05) is 19.6 Å². The molecule has 1 fully saturated rings. The third-order valence-corrected chi connectivity index (χ3v) is 4.95. The predicted octanol–water partition coefficient (Wildman–Crippen LogP) is 3.26. The van der Waals surface area contributed by atoms with Crippen LogP contribution in [0.4, 0.5) is 0 Å². The SMILES string of the molecule is Cc1ccc(C)c(CN2CCC(CNC(=O)c3ccc(O)cc3)C2)c1. The zero-order chi connectivity index (χ0) is 17.8. The van der Waals surface area contributed by atoms with E-state index >= 15 is 0 Å². The number of benzene rings is 2. The van der Waals surface area contributed by atoms with Crippen molar-refractivity contribution in [3.8, 4) is 5.75 Å². The molecule has 3 rings (SSSR count). The van der Waals surface area contributed by atoms with Gasteiger partial charge in [-0.1, -0.05) is 23.8 Å². The third kappa shape index (κ3) is 4.60. The van der Waals surface area contributed by atoms with Gasteiger partial charge in [0.25, 0.3) is 5.91 Å². The summed E-state index contributed by atoms with van der Waals surface area (Å²) in [5.41, 5.74) is 4.63. The van der Waals surface area contributed by atoms with E-state index in [1.807, 2.05) is 0 Å². The summed E-state index contributed by atoms with van der Waals surface area (Å²) in [5, 5.41) is 12.3. The molecule has 132 valence electrons. The molecule has 0 aromatic heterocycles. The molecule has 2 aromatic rings. The van der Waals surface area contributed by atoms with Crippen LogP contribution in [0, 0.1) is 19.8 Å². The van der Waals surface area contributed by atoms with Crippen LogP contribution >= 0.6 is 0 Å². The predicted molar refractivity (Wildman–Crippen MR) is 99.7 cm³/mol. The third-order valence-electron chi connectivity index (χ3n) is 4.95. The van der Waals surface area contributed by atoms with E-state index in [-0.39, 0.29) is 11.7 Å². The molecule has 1 atom stereocenters. The number of hydrogen-bond acceptors (Lipinski definition) is 3. The zero-order valence-corrected chi connectivity index (χ0v) is 15.0. The number of phenols is 1. The van der Waals surface area contributed by atoms with Gasteiger partial charge in [-0.25, -0.2) is 0 Å². The number of carbonyl (C=O) groups is 1. The number of carbonyl (C=O) groups excluding carboxylic acids is 1. The maximum Gasteiger partial charge on any atom is 0.251 e.